The largest absolute Gasteiger partial charge is 0.322 e. The fourth-order valence-electron chi connectivity index (χ4n) is 2.87. The van der Waals surface area contributed by atoms with Gasteiger partial charge in [0.25, 0.3) is 0 Å². The minimum absolute atomic E-state index is 0.0548. The molecular formula is C15H17N5O3S. The number of pyridine rings is 1. The smallest absolute Gasteiger partial charge is 0.320 e. The van der Waals surface area contributed by atoms with Crippen molar-refractivity contribution in [1.29, 1.82) is 0 Å². The first kappa shape index (κ1) is 16.3. The quantitative estimate of drug-likeness (QED) is 0.678. The molecule has 0 radical (unpaired) electrons. The highest BCUT2D eigenvalue weighted by atomic mass is 32.1. The molecule has 9 heteroatoms. The van der Waals surface area contributed by atoms with E-state index in [4.69, 9.17) is 0 Å². The van der Waals surface area contributed by atoms with Crippen LogP contribution in [0.4, 0.5) is 16.2 Å². The second-order valence-corrected chi connectivity index (χ2v) is 6.88. The van der Waals surface area contributed by atoms with Gasteiger partial charge in [0.05, 0.1) is 26.5 Å². The highest BCUT2D eigenvalue weighted by molar-refractivity contribution is 7.11. The lowest BCUT2D eigenvalue weighted by Crippen LogP contribution is -2.36. The van der Waals surface area contributed by atoms with E-state index in [-0.39, 0.29) is 23.4 Å². The molecule has 0 bridgehead atoms. The summed E-state index contributed by atoms with van der Waals surface area (Å²) >= 11 is 1.61. The number of amides is 2. The molecule has 0 aromatic carbocycles. The number of urea groups is 1. The summed E-state index contributed by atoms with van der Waals surface area (Å²) in [7, 11) is 1.71. The van der Waals surface area contributed by atoms with E-state index >= 15 is 0 Å². The van der Waals surface area contributed by atoms with Crippen LogP contribution in [0.2, 0.25) is 0 Å². The number of thiazole rings is 1. The number of hydrogen-bond donors (Lipinski definition) is 1. The van der Waals surface area contributed by atoms with Gasteiger partial charge in [0.1, 0.15) is 11.9 Å². The molecule has 0 spiro atoms. The molecule has 24 heavy (non-hydrogen) atoms. The van der Waals surface area contributed by atoms with Gasteiger partial charge < -0.3 is 10.2 Å². The third-order valence-corrected chi connectivity index (χ3v) is 5.17. The number of carbonyl (C=O) groups excluding carboxylic acids is 1. The number of rotatable bonds is 3. The normalized spacial score (nSPS) is 16.3. The number of aromatic nitrogens is 2. The standard InChI is InChI=1S/C15H17N5O3S/c1-9-17-11-4-3-5-12(14(11)24-9)19(2)15(21)18-10-6-7-16-8-13(10)20(22)23/h6-8,12H,3-5H2,1-2H3,(H,16,18,21). The lowest BCUT2D eigenvalue weighted by molar-refractivity contribution is -0.384. The van der Waals surface area contributed by atoms with Crippen LogP contribution in [-0.2, 0) is 6.42 Å². The van der Waals surface area contributed by atoms with Crippen LogP contribution < -0.4 is 5.32 Å². The molecule has 1 N–H and O–H groups in total. The number of aryl methyl sites for hydroxylation is 2. The van der Waals surface area contributed by atoms with Gasteiger partial charge in [-0.1, -0.05) is 0 Å². The van der Waals surface area contributed by atoms with Gasteiger partial charge in [0.2, 0.25) is 0 Å². The van der Waals surface area contributed by atoms with E-state index in [1.54, 1.807) is 23.3 Å². The second kappa shape index (κ2) is 6.52. The number of anilines is 1. The van der Waals surface area contributed by atoms with Gasteiger partial charge in [0, 0.05) is 13.2 Å². The molecule has 2 aromatic heterocycles. The van der Waals surface area contributed by atoms with Crippen LogP contribution in [0.15, 0.2) is 18.5 Å². The molecule has 0 saturated carbocycles. The van der Waals surface area contributed by atoms with Gasteiger partial charge in [-0.15, -0.1) is 11.3 Å². The van der Waals surface area contributed by atoms with Crippen molar-refractivity contribution in [1.82, 2.24) is 14.9 Å². The van der Waals surface area contributed by atoms with Gasteiger partial charge in [-0.05, 0) is 32.3 Å². The molecule has 1 atom stereocenters. The lowest BCUT2D eigenvalue weighted by Gasteiger charge is -2.30. The van der Waals surface area contributed by atoms with E-state index in [1.807, 2.05) is 6.92 Å². The van der Waals surface area contributed by atoms with E-state index in [0.717, 1.165) is 41.0 Å². The molecule has 126 valence electrons. The summed E-state index contributed by atoms with van der Waals surface area (Å²) in [6.45, 7) is 1.96. The fraction of sp³-hybridized carbons (Fsp3) is 0.400. The molecule has 1 aliphatic rings. The van der Waals surface area contributed by atoms with Crippen molar-refractivity contribution in [2.75, 3.05) is 12.4 Å². The molecule has 2 aromatic rings. The maximum absolute atomic E-state index is 12.6. The third-order valence-electron chi connectivity index (χ3n) is 4.05. The van der Waals surface area contributed by atoms with Gasteiger partial charge in [0.15, 0.2) is 0 Å². The van der Waals surface area contributed by atoms with Crippen molar-refractivity contribution in [3.63, 3.8) is 0 Å². The topological polar surface area (TPSA) is 101 Å². The molecule has 2 heterocycles. The van der Waals surface area contributed by atoms with Crippen LogP contribution in [-0.4, -0.2) is 32.9 Å². The molecule has 1 aliphatic carbocycles. The molecular weight excluding hydrogens is 330 g/mol. The zero-order valence-corrected chi connectivity index (χ0v) is 14.2. The summed E-state index contributed by atoms with van der Waals surface area (Å²) in [4.78, 5) is 34.0. The molecule has 0 fully saturated rings. The Labute approximate surface area is 142 Å². The molecule has 8 nitrogen and oxygen atoms in total. The summed E-state index contributed by atoms with van der Waals surface area (Å²) < 4.78 is 0. The Bertz CT molecular complexity index is 791. The maximum atomic E-state index is 12.6. The summed E-state index contributed by atoms with van der Waals surface area (Å²) in [5.74, 6) is 0. The lowest BCUT2D eigenvalue weighted by atomic mass is 9.97. The van der Waals surface area contributed by atoms with E-state index in [0.29, 0.717) is 0 Å². The van der Waals surface area contributed by atoms with Crippen molar-refractivity contribution in [2.24, 2.45) is 0 Å². The van der Waals surface area contributed by atoms with Crippen LogP contribution >= 0.6 is 11.3 Å². The molecule has 0 aliphatic heterocycles. The molecule has 1 unspecified atom stereocenters. The van der Waals surface area contributed by atoms with Crippen molar-refractivity contribution in [2.45, 2.75) is 32.2 Å². The summed E-state index contributed by atoms with van der Waals surface area (Å²) in [6, 6.07) is 0.988. The summed E-state index contributed by atoms with van der Waals surface area (Å²) in [5, 5.41) is 14.6. The minimum Gasteiger partial charge on any atom is -0.320 e. The molecule has 0 saturated heterocycles. The van der Waals surface area contributed by atoms with Gasteiger partial charge >= 0.3 is 11.7 Å². The Balaban J connectivity index is 1.80. The third kappa shape index (κ3) is 3.07. The summed E-state index contributed by atoms with van der Waals surface area (Å²) in [5.41, 5.74) is 0.976. The first-order valence-electron chi connectivity index (χ1n) is 7.55. The summed E-state index contributed by atoms with van der Waals surface area (Å²) in [6.07, 6.45) is 5.29. The van der Waals surface area contributed by atoms with Crippen molar-refractivity contribution < 1.29 is 9.72 Å². The van der Waals surface area contributed by atoms with Gasteiger partial charge in [-0.3, -0.25) is 15.1 Å². The van der Waals surface area contributed by atoms with Crippen LogP contribution in [0.1, 0.15) is 34.5 Å². The Morgan fingerprint density at radius 3 is 3.08 bits per heavy atom. The predicted molar refractivity (Wildman–Crippen MR) is 90.2 cm³/mol. The number of nitro groups is 1. The highest BCUT2D eigenvalue weighted by Gasteiger charge is 2.30. The Kier molecular flexibility index (Phi) is 4.43. The Hall–Kier alpha value is -2.55. The number of fused-ring (bicyclic) bond motifs is 1. The first-order chi connectivity index (χ1) is 11.5. The molecule has 3 rings (SSSR count). The van der Waals surface area contributed by atoms with Crippen LogP contribution in [0.3, 0.4) is 0 Å². The zero-order valence-electron chi connectivity index (χ0n) is 13.4. The average Bonchev–Trinajstić information content (AvgIpc) is 2.94. The zero-order chi connectivity index (χ0) is 17.3. The monoisotopic (exact) mass is 347 g/mol. The predicted octanol–water partition coefficient (Wildman–Crippen LogP) is 3.30. The molecule has 2 amide bonds. The fourth-order valence-corrected chi connectivity index (χ4v) is 4.02. The van der Waals surface area contributed by atoms with E-state index < -0.39 is 4.92 Å². The van der Waals surface area contributed by atoms with Gasteiger partial charge in [-0.25, -0.2) is 9.78 Å². The van der Waals surface area contributed by atoms with Gasteiger partial charge in [-0.2, -0.15) is 0 Å². The maximum Gasteiger partial charge on any atom is 0.322 e. The second-order valence-electron chi connectivity index (χ2n) is 5.64. The van der Waals surface area contributed by atoms with Crippen molar-refractivity contribution in [3.8, 4) is 0 Å². The van der Waals surface area contributed by atoms with Crippen LogP contribution in [0.25, 0.3) is 0 Å². The van der Waals surface area contributed by atoms with Crippen LogP contribution in [0.5, 0.6) is 0 Å². The van der Waals surface area contributed by atoms with E-state index in [1.165, 1.54) is 12.3 Å². The Morgan fingerprint density at radius 1 is 1.54 bits per heavy atom. The number of nitrogens with one attached hydrogen (secondary N) is 1. The average molecular weight is 347 g/mol. The van der Waals surface area contributed by atoms with E-state index in [9.17, 15) is 14.9 Å². The first-order valence-corrected chi connectivity index (χ1v) is 8.37. The van der Waals surface area contributed by atoms with Crippen LogP contribution in [0, 0.1) is 17.0 Å². The number of hydrogen-bond acceptors (Lipinski definition) is 6. The van der Waals surface area contributed by atoms with Crippen molar-refractivity contribution in [3.05, 3.63) is 44.2 Å². The van der Waals surface area contributed by atoms with Crippen molar-refractivity contribution >= 4 is 28.7 Å². The SMILES string of the molecule is Cc1nc2c(s1)C(N(C)C(=O)Nc1ccncc1[N+](=O)[O-])CCC2. The Morgan fingerprint density at radius 2 is 2.33 bits per heavy atom. The van der Waals surface area contributed by atoms with E-state index in [2.05, 4.69) is 15.3 Å². The highest BCUT2D eigenvalue weighted by Crippen LogP contribution is 2.37. The minimum atomic E-state index is -0.562. The number of nitrogens with zero attached hydrogens (tertiary/aromatic N) is 4. The number of carbonyl (C=O) groups is 1.